The fraction of sp³-hybridized carbons (Fsp3) is 0.600. The van der Waals surface area contributed by atoms with Gasteiger partial charge in [-0.15, -0.1) is 0 Å². The summed E-state index contributed by atoms with van der Waals surface area (Å²) in [6.07, 6.45) is 1.05. The Morgan fingerprint density at radius 3 is 2.63 bits per heavy atom. The first-order chi connectivity index (χ1) is 9.24. The highest BCUT2D eigenvalue weighted by atomic mass is 35.5. The number of nitrogens with zero attached hydrogens (tertiary/aromatic N) is 1. The molecule has 3 nitrogen and oxygen atoms in total. The van der Waals surface area contributed by atoms with E-state index >= 15 is 0 Å². The number of rotatable bonds is 6. The third-order valence-corrected chi connectivity index (χ3v) is 3.71. The zero-order valence-electron chi connectivity index (χ0n) is 11.6. The molecular formula is C15H23ClN2O. The first kappa shape index (κ1) is 14.8. The van der Waals surface area contributed by atoms with E-state index in [0.717, 1.165) is 50.8 Å². The van der Waals surface area contributed by atoms with Gasteiger partial charge in [-0.2, -0.15) is 0 Å². The van der Waals surface area contributed by atoms with Gasteiger partial charge in [-0.3, -0.25) is 4.90 Å². The average molecular weight is 283 g/mol. The summed E-state index contributed by atoms with van der Waals surface area (Å²) in [4.78, 5) is 2.46. The Bertz CT molecular complexity index is 363. The second-order valence-electron chi connectivity index (χ2n) is 5.14. The minimum absolute atomic E-state index is 0.519. The molecule has 4 heteroatoms. The topological polar surface area (TPSA) is 24.5 Å². The Labute approximate surface area is 120 Å². The molecule has 1 aliphatic heterocycles. The Balaban J connectivity index is 1.63. The Hall–Kier alpha value is -0.610. The molecule has 0 aromatic heterocycles. The van der Waals surface area contributed by atoms with Crippen LogP contribution in [0.5, 0.6) is 0 Å². The highest BCUT2D eigenvalue weighted by Gasteiger charge is 2.12. The molecule has 0 spiro atoms. The molecule has 1 saturated heterocycles. The number of benzene rings is 1. The van der Waals surface area contributed by atoms with Crippen LogP contribution in [-0.2, 0) is 11.2 Å². The van der Waals surface area contributed by atoms with Crippen molar-refractivity contribution in [1.82, 2.24) is 10.2 Å². The average Bonchev–Trinajstić information content (AvgIpc) is 2.42. The van der Waals surface area contributed by atoms with Gasteiger partial charge in [0.25, 0.3) is 0 Å². The third-order valence-electron chi connectivity index (χ3n) is 3.46. The first-order valence-electron chi connectivity index (χ1n) is 7.02. The monoisotopic (exact) mass is 282 g/mol. The van der Waals surface area contributed by atoms with E-state index < -0.39 is 0 Å². The highest BCUT2D eigenvalue weighted by Crippen LogP contribution is 2.09. The van der Waals surface area contributed by atoms with Crippen molar-refractivity contribution in [2.24, 2.45) is 0 Å². The van der Waals surface area contributed by atoms with Crippen LogP contribution in [-0.4, -0.2) is 50.3 Å². The molecule has 2 rings (SSSR count). The van der Waals surface area contributed by atoms with Crippen molar-refractivity contribution < 1.29 is 4.74 Å². The Kier molecular flexibility index (Phi) is 6.11. The normalized spacial score (nSPS) is 18.4. The molecule has 1 aromatic rings. The molecule has 0 radical (unpaired) electrons. The van der Waals surface area contributed by atoms with Crippen LogP contribution in [0, 0.1) is 0 Å². The smallest absolute Gasteiger partial charge is 0.0594 e. The summed E-state index contributed by atoms with van der Waals surface area (Å²) in [5.74, 6) is 0. The quantitative estimate of drug-likeness (QED) is 0.866. The van der Waals surface area contributed by atoms with Crippen LogP contribution in [0.1, 0.15) is 12.5 Å². The lowest BCUT2D eigenvalue weighted by Gasteiger charge is -2.29. The van der Waals surface area contributed by atoms with Gasteiger partial charge in [0.1, 0.15) is 0 Å². The van der Waals surface area contributed by atoms with E-state index in [2.05, 4.69) is 29.3 Å². The van der Waals surface area contributed by atoms with Crippen molar-refractivity contribution in [3.63, 3.8) is 0 Å². The lowest BCUT2D eigenvalue weighted by atomic mass is 10.1. The van der Waals surface area contributed by atoms with Crippen molar-refractivity contribution >= 4 is 11.6 Å². The molecule has 0 amide bonds. The SMILES string of the molecule is CC(CN1CCOCC1)NCCc1ccc(Cl)cc1. The molecule has 1 aromatic carbocycles. The maximum Gasteiger partial charge on any atom is 0.0594 e. The molecule has 19 heavy (non-hydrogen) atoms. The van der Waals surface area contributed by atoms with Gasteiger partial charge < -0.3 is 10.1 Å². The third kappa shape index (κ3) is 5.49. The Morgan fingerprint density at radius 1 is 1.26 bits per heavy atom. The van der Waals surface area contributed by atoms with Crippen LogP contribution in [0.25, 0.3) is 0 Å². The highest BCUT2D eigenvalue weighted by molar-refractivity contribution is 6.30. The molecule has 1 atom stereocenters. The van der Waals surface area contributed by atoms with E-state index in [1.165, 1.54) is 5.56 Å². The van der Waals surface area contributed by atoms with Gasteiger partial charge in [-0.1, -0.05) is 23.7 Å². The van der Waals surface area contributed by atoms with E-state index in [9.17, 15) is 0 Å². The van der Waals surface area contributed by atoms with Gasteiger partial charge in [0.15, 0.2) is 0 Å². The van der Waals surface area contributed by atoms with Crippen molar-refractivity contribution in [2.45, 2.75) is 19.4 Å². The maximum absolute atomic E-state index is 5.87. The van der Waals surface area contributed by atoms with Crippen molar-refractivity contribution in [3.8, 4) is 0 Å². The second-order valence-corrected chi connectivity index (χ2v) is 5.58. The standard InChI is InChI=1S/C15H23ClN2O/c1-13(12-18-8-10-19-11-9-18)17-7-6-14-2-4-15(16)5-3-14/h2-5,13,17H,6-12H2,1H3. The van der Waals surface area contributed by atoms with E-state index in [0.29, 0.717) is 6.04 Å². The molecule has 1 unspecified atom stereocenters. The van der Waals surface area contributed by atoms with Gasteiger partial charge in [0.2, 0.25) is 0 Å². The molecule has 0 saturated carbocycles. The number of morpholine rings is 1. The summed E-state index contributed by atoms with van der Waals surface area (Å²) in [7, 11) is 0. The molecular weight excluding hydrogens is 260 g/mol. The van der Waals surface area contributed by atoms with Crippen LogP contribution < -0.4 is 5.32 Å². The van der Waals surface area contributed by atoms with E-state index in [-0.39, 0.29) is 0 Å². The van der Waals surface area contributed by atoms with Crippen molar-refractivity contribution in [3.05, 3.63) is 34.9 Å². The van der Waals surface area contributed by atoms with Crippen LogP contribution >= 0.6 is 11.6 Å². The molecule has 0 bridgehead atoms. The molecule has 1 fully saturated rings. The van der Waals surface area contributed by atoms with Crippen molar-refractivity contribution in [2.75, 3.05) is 39.4 Å². The minimum atomic E-state index is 0.519. The zero-order valence-corrected chi connectivity index (χ0v) is 12.3. The summed E-state index contributed by atoms with van der Waals surface area (Å²) in [6.45, 7) is 8.22. The number of ether oxygens (including phenoxy) is 1. The number of hydrogen-bond donors (Lipinski definition) is 1. The van der Waals surface area contributed by atoms with E-state index in [4.69, 9.17) is 16.3 Å². The van der Waals surface area contributed by atoms with Gasteiger partial charge >= 0.3 is 0 Å². The summed E-state index contributed by atoms with van der Waals surface area (Å²) < 4.78 is 5.36. The Morgan fingerprint density at radius 2 is 1.95 bits per heavy atom. The zero-order chi connectivity index (χ0) is 13.5. The summed E-state index contributed by atoms with van der Waals surface area (Å²) in [6, 6.07) is 8.61. The summed E-state index contributed by atoms with van der Waals surface area (Å²) in [5.41, 5.74) is 1.33. The fourth-order valence-corrected chi connectivity index (χ4v) is 2.48. The van der Waals surface area contributed by atoms with Gasteiger partial charge in [-0.05, 0) is 37.6 Å². The van der Waals surface area contributed by atoms with E-state index in [1.54, 1.807) is 0 Å². The molecule has 106 valence electrons. The lowest BCUT2D eigenvalue weighted by Crippen LogP contribution is -2.44. The predicted molar refractivity (Wildman–Crippen MR) is 79.9 cm³/mol. The van der Waals surface area contributed by atoms with Crippen LogP contribution in [0.15, 0.2) is 24.3 Å². The number of nitrogens with one attached hydrogen (secondary N) is 1. The number of hydrogen-bond acceptors (Lipinski definition) is 3. The largest absolute Gasteiger partial charge is 0.379 e. The maximum atomic E-state index is 5.87. The molecule has 1 aliphatic rings. The van der Waals surface area contributed by atoms with Gasteiger partial charge in [0.05, 0.1) is 13.2 Å². The predicted octanol–water partition coefficient (Wildman–Crippen LogP) is 2.19. The second kappa shape index (κ2) is 7.85. The molecule has 0 aliphatic carbocycles. The molecule has 1 N–H and O–H groups in total. The first-order valence-corrected chi connectivity index (χ1v) is 7.40. The van der Waals surface area contributed by atoms with Crippen LogP contribution in [0.2, 0.25) is 5.02 Å². The summed E-state index contributed by atoms with van der Waals surface area (Å²) >= 11 is 5.87. The number of halogens is 1. The van der Waals surface area contributed by atoms with Crippen LogP contribution in [0.3, 0.4) is 0 Å². The van der Waals surface area contributed by atoms with E-state index in [1.807, 2.05) is 12.1 Å². The summed E-state index contributed by atoms with van der Waals surface area (Å²) in [5, 5.41) is 4.38. The van der Waals surface area contributed by atoms with Crippen molar-refractivity contribution in [1.29, 1.82) is 0 Å². The van der Waals surface area contributed by atoms with Gasteiger partial charge in [-0.25, -0.2) is 0 Å². The molecule has 1 heterocycles. The van der Waals surface area contributed by atoms with Gasteiger partial charge in [0, 0.05) is 30.7 Å². The fourth-order valence-electron chi connectivity index (χ4n) is 2.35. The minimum Gasteiger partial charge on any atom is -0.379 e. The van der Waals surface area contributed by atoms with Crippen LogP contribution in [0.4, 0.5) is 0 Å². The lowest BCUT2D eigenvalue weighted by molar-refractivity contribution is 0.0344.